The van der Waals surface area contributed by atoms with Gasteiger partial charge in [0.1, 0.15) is 5.82 Å². The Balaban J connectivity index is 1.90. The fraction of sp³-hybridized carbons (Fsp3) is 0.571. The van der Waals surface area contributed by atoms with Crippen LogP contribution in [0.5, 0.6) is 0 Å². The molecular formula is C14H20FNO. The Kier molecular flexibility index (Phi) is 3.79. The molecule has 17 heavy (non-hydrogen) atoms. The number of hydrogen-bond donors (Lipinski definition) is 2. The van der Waals surface area contributed by atoms with E-state index in [9.17, 15) is 4.39 Å². The van der Waals surface area contributed by atoms with Gasteiger partial charge in [-0.1, -0.05) is 18.2 Å². The Morgan fingerprint density at radius 3 is 2.71 bits per heavy atom. The maximum atomic E-state index is 13.5. The lowest BCUT2D eigenvalue weighted by Gasteiger charge is -2.20. The third kappa shape index (κ3) is 3.05. The molecule has 0 aromatic heterocycles. The van der Waals surface area contributed by atoms with Crippen molar-refractivity contribution in [3.05, 3.63) is 35.6 Å². The minimum atomic E-state index is -0.153. The van der Waals surface area contributed by atoms with Crippen LogP contribution >= 0.6 is 0 Å². The first-order valence-electron chi connectivity index (χ1n) is 6.26. The number of rotatable bonds is 6. The molecule has 2 nitrogen and oxygen atoms in total. The summed E-state index contributed by atoms with van der Waals surface area (Å²) in [5.41, 5.74) is 0.987. The second-order valence-electron chi connectivity index (χ2n) is 5.10. The summed E-state index contributed by atoms with van der Waals surface area (Å²) in [5, 5.41) is 12.4. The van der Waals surface area contributed by atoms with Crippen molar-refractivity contribution in [2.24, 2.45) is 5.41 Å². The molecule has 1 saturated carbocycles. The smallest absolute Gasteiger partial charge is 0.127 e. The Bertz CT molecular complexity index is 376. The maximum Gasteiger partial charge on any atom is 0.127 e. The molecule has 3 heteroatoms. The van der Waals surface area contributed by atoms with Gasteiger partial charge in [-0.25, -0.2) is 4.39 Å². The van der Waals surface area contributed by atoms with E-state index in [1.165, 1.54) is 18.9 Å². The average molecular weight is 237 g/mol. The number of aliphatic hydroxyl groups is 1. The topological polar surface area (TPSA) is 32.3 Å². The predicted octanol–water partition coefficient (Wildman–Crippen LogP) is 2.64. The molecule has 1 atom stereocenters. The largest absolute Gasteiger partial charge is 0.396 e. The number of benzene rings is 1. The lowest BCUT2D eigenvalue weighted by molar-refractivity contribution is 0.242. The lowest BCUT2D eigenvalue weighted by atomic mass is 10.0. The van der Waals surface area contributed by atoms with Crippen LogP contribution in [0.4, 0.5) is 4.39 Å². The second-order valence-corrected chi connectivity index (χ2v) is 5.10. The highest BCUT2D eigenvalue weighted by Gasteiger charge is 2.41. The van der Waals surface area contributed by atoms with E-state index in [1.54, 1.807) is 6.07 Å². The van der Waals surface area contributed by atoms with Crippen molar-refractivity contribution < 1.29 is 9.50 Å². The zero-order valence-corrected chi connectivity index (χ0v) is 10.2. The molecule has 2 rings (SSSR count). The van der Waals surface area contributed by atoms with Crippen LogP contribution in [0.2, 0.25) is 0 Å². The molecule has 1 aromatic carbocycles. The zero-order valence-electron chi connectivity index (χ0n) is 10.2. The van der Waals surface area contributed by atoms with E-state index in [0.717, 1.165) is 13.0 Å². The van der Waals surface area contributed by atoms with Crippen molar-refractivity contribution in [2.75, 3.05) is 13.2 Å². The second kappa shape index (κ2) is 5.15. The molecule has 1 fully saturated rings. The van der Waals surface area contributed by atoms with Crippen LogP contribution in [0, 0.1) is 11.2 Å². The minimum absolute atomic E-state index is 0.0207. The van der Waals surface area contributed by atoms with E-state index < -0.39 is 0 Å². The van der Waals surface area contributed by atoms with E-state index in [2.05, 4.69) is 5.32 Å². The normalized spacial score (nSPS) is 19.0. The summed E-state index contributed by atoms with van der Waals surface area (Å²) >= 11 is 0. The number of halogens is 1. The summed E-state index contributed by atoms with van der Waals surface area (Å²) < 4.78 is 13.5. The SMILES string of the molecule is CC(NCC1(CCO)CC1)c1ccccc1F. The maximum absolute atomic E-state index is 13.5. The molecule has 0 aliphatic heterocycles. The number of nitrogens with one attached hydrogen (secondary N) is 1. The first-order valence-corrected chi connectivity index (χ1v) is 6.26. The fourth-order valence-corrected chi connectivity index (χ4v) is 2.23. The zero-order chi connectivity index (χ0) is 12.3. The fourth-order valence-electron chi connectivity index (χ4n) is 2.23. The first-order chi connectivity index (χ1) is 8.17. The molecule has 94 valence electrons. The van der Waals surface area contributed by atoms with Gasteiger partial charge in [-0.05, 0) is 37.7 Å². The molecule has 0 radical (unpaired) electrons. The van der Waals surface area contributed by atoms with Crippen LogP contribution in [0.1, 0.15) is 37.8 Å². The highest BCUT2D eigenvalue weighted by atomic mass is 19.1. The van der Waals surface area contributed by atoms with Gasteiger partial charge in [0.15, 0.2) is 0 Å². The van der Waals surface area contributed by atoms with E-state index >= 15 is 0 Å². The van der Waals surface area contributed by atoms with Crippen LogP contribution in [0.3, 0.4) is 0 Å². The molecule has 0 amide bonds. The van der Waals surface area contributed by atoms with E-state index in [0.29, 0.717) is 5.56 Å². The summed E-state index contributed by atoms with van der Waals surface area (Å²) in [6.07, 6.45) is 3.19. The van der Waals surface area contributed by atoms with E-state index in [1.807, 2.05) is 19.1 Å². The standard InChI is InChI=1S/C14H20FNO/c1-11(12-4-2-3-5-13(12)15)16-10-14(6-7-14)8-9-17/h2-5,11,16-17H,6-10H2,1H3. The van der Waals surface area contributed by atoms with Crippen molar-refractivity contribution in [1.82, 2.24) is 5.32 Å². The molecule has 2 N–H and O–H groups in total. The van der Waals surface area contributed by atoms with Crippen LogP contribution in [0.15, 0.2) is 24.3 Å². The summed E-state index contributed by atoms with van der Waals surface area (Å²) in [4.78, 5) is 0. The van der Waals surface area contributed by atoms with Gasteiger partial charge in [-0.3, -0.25) is 0 Å². The van der Waals surface area contributed by atoms with Gasteiger partial charge < -0.3 is 10.4 Å². The minimum Gasteiger partial charge on any atom is -0.396 e. The highest BCUT2D eigenvalue weighted by Crippen LogP contribution is 2.48. The Morgan fingerprint density at radius 2 is 2.12 bits per heavy atom. The van der Waals surface area contributed by atoms with Crippen molar-refractivity contribution in [3.63, 3.8) is 0 Å². The molecule has 1 unspecified atom stereocenters. The molecule has 0 spiro atoms. The molecular weight excluding hydrogens is 217 g/mol. The highest BCUT2D eigenvalue weighted by molar-refractivity contribution is 5.20. The monoisotopic (exact) mass is 237 g/mol. The third-order valence-corrected chi connectivity index (χ3v) is 3.75. The van der Waals surface area contributed by atoms with E-state index in [-0.39, 0.29) is 23.9 Å². The Hall–Kier alpha value is -0.930. The van der Waals surface area contributed by atoms with E-state index in [4.69, 9.17) is 5.11 Å². The lowest BCUT2D eigenvalue weighted by Crippen LogP contribution is -2.27. The Morgan fingerprint density at radius 1 is 1.41 bits per heavy atom. The third-order valence-electron chi connectivity index (χ3n) is 3.75. The summed E-state index contributed by atoms with van der Waals surface area (Å²) in [6.45, 7) is 3.09. The quantitative estimate of drug-likeness (QED) is 0.797. The number of aliphatic hydroxyl groups excluding tert-OH is 1. The first kappa shape index (κ1) is 12.5. The van der Waals surface area contributed by atoms with Gasteiger partial charge >= 0.3 is 0 Å². The van der Waals surface area contributed by atoms with Crippen LogP contribution < -0.4 is 5.32 Å². The molecule has 0 saturated heterocycles. The molecule has 1 aliphatic rings. The van der Waals surface area contributed by atoms with Crippen LogP contribution in [0.25, 0.3) is 0 Å². The van der Waals surface area contributed by atoms with Crippen molar-refractivity contribution in [3.8, 4) is 0 Å². The molecule has 1 aliphatic carbocycles. The molecule has 0 bridgehead atoms. The van der Waals surface area contributed by atoms with Crippen LogP contribution in [-0.4, -0.2) is 18.3 Å². The summed E-state index contributed by atoms with van der Waals surface area (Å²) in [6, 6.07) is 6.90. The van der Waals surface area contributed by atoms with Gasteiger partial charge in [0.25, 0.3) is 0 Å². The van der Waals surface area contributed by atoms with Crippen molar-refractivity contribution >= 4 is 0 Å². The summed E-state index contributed by atoms with van der Waals surface area (Å²) in [7, 11) is 0. The summed E-state index contributed by atoms with van der Waals surface area (Å²) in [5.74, 6) is -0.153. The molecule has 0 heterocycles. The average Bonchev–Trinajstić information content (AvgIpc) is 3.08. The molecule has 1 aromatic rings. The van der Waals surface area contributed by atoms with Gasteiger partial charge in [-0.2, -0.15) is 0 Å². The van der Waals surface area contributed by atoms with Gasteiger partial charge in [0.2, 0.25) is 0 Å². The van der Waals surface area contributed by atoms with Gasteiger partial charge in [-0.15, -0.1) is 0 Å². The van der Waals surface area contributed by atoms with Gasteiger partial charge in [0, 0.05) is 24.8 Å². The van der Waals surface area contributed by atoms with Crippen molar-refractivity contribution in [2.45, 2.75) is 32.2 Å². The predicted molar refractivity (Wildman–Crippen MR) is 66.2 cm³/mol. The Labute approximate surface area is 102 Å². The number of hydrogen-bond acceptors (Lipinski definition) is 2. The van der Waals surface area contributed by atoms with Crippen LogP contribution in [-0.2, 0) is 0 Å². The van der Waals surface area contributed by atoms with Gasteiger partial charge in [0.05, 0.1) is 0 Å². The van der Waals surface area contributed by atoms with Crippen molar-refractivity contribution in [1.29, 1.82) is 0 Å².